The lowest BCUT2D eigenvalue weighted by molar-refractivity contribution is 0.567. The fourth-order valence-corrected chi connectivity index (χ4v) is 1.07. The Labute approximate surface area is 107 Å². The van der Waals surface area contributed by atoms with Crippen molar-refractivity contribution in [2.45, 2.75) is 6.54 Å². The van der Waals surface area contributed by atoms with Crippen molar-refractivity contribution in [3.63, 3.8) is 0 Å². The highest BCUT2D eigenvalue weighted by Gasteiger charge is 1.80. The maximum Gasteiger partial charge on any atom is 0.0902 e. The summed E-state index contributed by atoms with van der Waals surface area (Å²) in [6.07, 6.45) is 6.50. The maximum absolute atomic E-state index is 5.35. The molecular weight excluding hydrogens is 226 g/mol. The van der Waals surface area contributed by atoms with Crippen molar-refractivity contribution in [1.82, 2.24) is 0 Å². The molecule has 3 heteroatoms. The van der Waals surface area contributed by atoms with Gasteiger partial charge in [-0.25, -0.2) is 0 Å². The van der Waals surface area contributed by atoms with E-state index in [0.717, 1.165) is 0 Å². The molecule has 0 aliphatic heterocycles. The zero-order valence-corrected chi connectivity index (χ0v) is 10.1. The summed E-state index contributed by atoms with van der Waals surface area (Å²) >= 11 is 0. The van der Waals surface area contributed by atoms with Gasteiger partial charge in [0.2, 0.25) is 0 Å². The molecule has 0 bridgehead atoms. The van der Waals surface area contributed by atoms with E-state index in [1.807, 2.05) is 54.6 Å². The summed E-state index contributed by atoms with van der Waals surface area (Å²) in [7, 11) is 0. The van der Waals surface area contributed by atoms with E-state index in [0.29, 0.717) is 6.54 Å². The van der Waals surface area contributed by atoms with Crippen LogP contribution in [0, 0.1) is 0 Å². The molecule has 18 heavy (non-hydrogen) atoms. The highest BCUT2D eigenvalue weighted by atomic mass is 16.3. The Balaban J connectivity index is 0.000000141. The molecule has 1 aromatic carbocycles. The second kappa shape index (κ2) is 9.93. The van der Waals surface area contributed by atoms with Crippen LogP contribution in [0.3, 0.4) is 0 Å². The molecule has 0 saturated carbocycles. The summed E-state index contributed by atoms with van der Waals surface area (Å²) in [5, 5.41) is 0. The first kappa shape index (κ1) is 13.8. The molecule has 2 N–H and O–H groups in total. The number of rotatable bonds is 1. The molecule has 0 amide bonds. The van der Waals surface area contributed by atoms with E-state index in [9.17, 15) is 0 Å². The minimum Gasteiger partial charge on any atom is -0.473 e. The van der Waals surface area contributed by atoms with Crippen molar-refractivity contribution in [2.75, 3.05) is 0 Å². The van der Waals surface area contributed by atoms with Crippen LogP contribution in [0.5, 0.6) is 0 Å². The highest BCUT2D eigenvalue weighted by Crippen LogP contribution is 1.94. The molecule has 0 saturated heterocycles. The highest BCUT2D eigenvalue weighted by molar-refractivity contribution is 5.13. The second-order valence-electron chi connectivity index (χ2n) is 3.28. The van der Waals surface area contributed by atoms with Gasteiger partial charge in [0.1, 0.15) is 0 Å². The predicted molar refractivity (Wildman–Crippen MR) is 71.7 cm³/mol. The van der Waals surface area contributed by atoms with E-state index >= 15 is 0 Å². The normalized spacial score (nSPS) is 8.50. The average molecular weight is 243 g/mol. The SMILES string of the molecule is NCc1ccccc1.c1ccoc1.c1ccoc1. The molecule has 0 unspecified atom stereocenters. The molecule has 0 aliphatic carbocycles. The third kappa shape index (κ3) is 7.09. The van der Waals surface area contributed by atoms with Gasteiger partial charge in [-0.05, 0) is 29.8 Å². The van der Waals surface area contributed by atoms with Crippen LogP contribution in [-0.2, 0) is 6.54 Å². The van der Waals surface area contributed by atoms with Crippen molar-refractivity contribution in [3.05, 3.63) is 85.2 Å². The van der Waals surface area contributed by atoms with Crippen LogP contribution in [-0.4, -0.2) is 0 Å². The maximum atomic E-state index is 5.35. The topological polar surface area (TPSA) is 52.3 Å². The average Bonchev–Trinajstić information content (AvgIpc) is 3.17. The van der Waals surface area contributed by atoms with Crippen LogP contribution < -0.4 is 5.73 Å². The van der Waals surface area contributed by atoms with Crippen molar-refractivity contribution in [2.24, 2.45) is 5.73 Å². The fraction of sp³-hybridized carbons (Fsp3) is 0.0667. The summed E-state index contributed by atoms with van der Waals surface area (Å²) in [6.45, 7) is 0.640. The van der Waals surface area contributed by atoms with E-state index in [-0.39, 0.29) is 0 Å². The molecule has 2 heterocycles. The van der Waals surface area contributed by atoms with Crippen molar-refractivity contribution >= 4 is 0 Å². The largest absolute Gasteiger partial charge is 0.473 e. The first-order chi connectivity index (χ1) is 8.93. The molecule has 3 nitrogen and oxygen atoms in total. The predicted octanol–water partition coefficient (Wildman–Crippen LogP) is 3.70. The van der Waals surface area contributed by atoms with Gasteiger partial charge in [-0.2, -0.15) is 0 Å². The Morgan fingerprint density at radius 2 is 1.11 bits per heavy atom. The minimum atomic E-state index is 0.640. The van der Waals surface area contributed by atoms with Gasteiger partial charge >= 0.3 is 0 Å². The van der Waals surface area contributed by atoms with Crippen LogP contribution in [0.4, 0.5) is 0 Å². The third-order valence-electron chi connectivity index (χ3n) is 1.93. The molecule has 3 aromatic rings. The standard InChI is InChI=1S/C7H9N.2C4H4O/c8-6-7-4-2-1-3-5-7;2*1-2-4-5-3-1/h1-5H,6,8H2;2*1-4H. The minimum absolute atomic E-state index is 0.640. The number of hydrogen-bond donors (Lipinski definition) is 1. The van der Waals surface area contributed by atoms with Gasteiger partial charge in [0.05, 0.1) is 25.1 Å². The van der Waals surface area contributed by atoms with Gasteiger partial charge < -0.3 is 14.6 Å². The zero-order chi connectivity index (χ0) is 12.9. The lowest BCUT2D eigenvalue weighted by Gasteiger charge is -1.90. The van der Waals surface area contributed by atoms with Crippen LogP contribution >= 0.6 is 0 Å². The quantitative estimate of drug-likeness (QED) is 0.709. The van der Waals surface area contributed by atoms with Gasteiger partial charge in [-0.3, -0.25) is 0 Å². The van der Waals surface area contributed by atoms with Crippen LogP contribution in [0.15, 0.2) is 88.5 Å². The van der Waals surface area contributed by atoms with E-state index in [1.54, 1.807) is 25.1 Å². The fourth-order valence-electron chi connectivity index (χ4n) is 1.07. The molecule has 94 valence electrons. The molecule has 3 rings (SSSR count). The summed E-state index contributed by atoms with van der Waals surface area (Å²) in [5.74, 6) is 0. The van der Waals surface area contributed by atoms with Crippen molar-refractivity contribution in [1.29, 1.82) is 0 Å². The van der Waals surface area contributed by atoms with Crippen LogP contribution in [0.25, 0.3) is 0 Å². The molecule has 0 spiro atoms. The van der Waals surface area contributed by atoms with Gasteiger partial charge in [-0.1, -0.05) is 30.3 Å². The smallest absolute Gasteiger partial charge is 0.0902 e. The van der Waals surface area contributed by atoms with E-state index < -0.39 is 0 Å². The Kier molecular flexibility index (Phi) is 7.62. The Hall–Kier alpha value is -2.26. The Morgan fingerprint density at radius 1 is 0.667 bits per heavy atom. The molecule has 0 atom stereocenters. The second-order valence-corrected chi connectivity index (χ2v) is 3.28. The lowest BCUT2D eigenvalue weighted by Crippen LogP contribution is -1.94. The van der Waals surface area contributed by atoms with Crippen LogP contribution in [0.2, 0.25) is 0 Å². The molecule has 0 radical (unpaired) electrons. The Morgan fingerprint density at radius 3 is 1.33 bits per heavy atom. The summed E-state index contributed by atoms with van der Waals surface area (Å²) in [5.41, 5.74) is 6.54. The van der Waals surface area contributed by atoms with Crippen molar-refractivity contribution in [3.8, 4) is 0 Å². The summed E-state index contributed by atoms with van der Waals surface area (Å²) < 4.78 is 9.17. The van der Waals surface area contributed by atoms with E-state index in [1.165, 1.54) is 5.56 Å². The monoisotopic (exact) mass is 243 g/mol. The number of furan rings is 2. The van der Waals surface area contributed by atoms with E-state index in [2.05, 4.69) is 8.83 Å². The van der Waals surface area contributed by atoms with E-state index in [4.69, 9.17) is 5.73 Å². The summed E-state index contributed by atoms with van der Waals surface area (Å²) in [6, 6.07) is 17.3. The first-order valence-corrected chi connectivity index (χ1v) is 5.62. The lowest BCUT2D eigenvalue weighted by atomic mass is 10.2. The zero-order valence-electron chi connectivity index (χ0n) is 10.1. The van der Waals surface area contributed by atoms with Gasteiger partial charge in [-0.15, -0.1) is 0 Å². The third-order valence-corrected chi connectivity index (χ3v) is 1.93. The van der Waals surface area contributed by atoms with Gasteiger partial charge in [0, 0.05) is 6.54 Å². The van der Waals surface area contributed by atoms with Crippen molar-refractivity contribution < 1.29 is 8.83 Å². The number of benzene rings is 1. The first-order valence-electron chi connectivity index (χ1n) is 5.62. The molecule has 0 aliphatic rings. The van der Waals surface area contributed by atoms with Crippen LogP contribution in [0.1, 0.15) is 5.56 Å². The molecular formula is C15H17NO2. The van der Waals surface area contributed by atoms with Gasteiger partial charge in [0.15, 0.2) is 0 Å². The Bertz CT molecular complexity index is 386. The molecule has 2 aromatic heterocycles. The summed E-state index contributed by atoms with van der Waals surface area (Å²) in [4.78, 5) is 0. The van der Waals surface area contributed by atoms with Gasteiger partial charge in [0.25, 0.3) is 0 Å². The number of hydrogen-bond acceptors (Lipinski definition) is 3. The molecule has 0 fully saturated rings. The number of nitrogens with two attached hydrogens (primary N) is 1.